The van der Waals surface area contributed by atoms with Crippen LogP contribution in [0.2, 0.25) is 0 Å². The maximum absolute atomic E-state index is 13.3. The summed E-state index contributed by atoms with van der Waals surface area (Å²) in [6.07, 6.45) is 1.25. The molecule has 2 aliphatic heterocycles. The van der Waals surface area contributed by atoms with Crippen molar-refractivity contribution in [3.63, 3.8) is 0 Å². The summed E-state index contributed by atoms with van der Waals surface area (Å²) >= 11 is 0. The normalized spacial score (nSPS) is 21.2. The smallest absolute Gasteiger partial charge is 0.227 e. The molecule has 3 aromatic carbocycles. The highest BCUT2D eigenvalue weighted by molar-refractivity contribution is 5.81. The predicted octanol–water partition coefficient (Wildman–Crippen LogP) is 4.14. The van der Waals surface area contributed by atoms with E-state index in [4.69, 9.17) is 5.26 Å². The first kappa shape index (κ1) is 20.3. The van der Waals surface area contributed by atoms with Crippen LogP contribution >= 0.6 is 0 Å². The van der Waals surface area contributed by atoms with E-state index < -0.39 is 0 Å². The topological polar surface area (TPSA) is 76.4 Å². The van der Waals surface area contributed by atoms with E-state index in [1.165, 1.54) is 0 Å². The monoisotopic (exact) mass is 423 g/mol. The number of aliphatic hydroxyl groups excluding tert-OH is 1. The third-order valence-electron chi connectivity index (χ3n) is 6.74. The molecule has 0 spiro atoms. The van der Waals surface area contributed by atoms with Gasteiger partial charge in [-0.2, -0.15) is 5.26 Å². The maximum atomic E-state index is 13.3. The van der Waals surface area contributed by atoms with E-state index >= 15 is 0 Å². The molecule has 0 saturated carbocycles. The van der Waals surface area contributed by atoms with Gasteiger partial charge in [0, 0.05) is 18.2 Å². The van der Waals surface area contributed by atoms with Gasteiger partial charge in [-0.25, -0.2) is 0 Å². The van der Waals surface area contributed by atoms with Crippen LogP contribution in [-0.2, 0) is 11.2 Å². The SMILES string of the molecule is N#Cc1ccc(-c2ccc3c(c2)[C@H]2[C@H](CCN2C(=O)Cc2ccccc2)[C@@H](CO)N3)cc1. The zero-order valence-corrected chi connectivity index (χ0v) is 17.7. The molecule has 0 aromatic heterocycles. The number of benzene rings is 3. The van der Waals surface area contributed by atoms with Crippen molar-refractivity contribution in [3.05, 3.63) is 89.5 Å². The lowest BCUT2D eigenvalue weighted by atomic mass is 9.82. The van der Waals surface area contributed by atoms with Gasteiger partial charge in [0.25, 0.3) is 0 Å². The second-order valence-electron chi connectivity index (χ2n) is 8.57. The average molecular weight is 424 g/mol. The fraction of sp³-hybridized carbons (Fsp3) is 0.259. The Balaban J connectivity index is 1.50. The molecular formula is C27H25N3O2. The largest absolute Gasteiger partial charge is 0.394 e. The van der Waals surface area contributed by atoms with Gasteiger partial charge in [0.15, 0.2) is 0 Å². The number of nitriles is 1. The van der Waals surface area contributed by atoms with E-state index in [9.17, 15) is 9.90 Å². The molecule has 1 amide bonds. The Hall–Kier alpha value is -3.62. The van der Waals surface area contributed by atoms with E-state index in [0.29, 0.717) is 18.5 Å². The zero-order valence-electron chi connectivity index (χ0n) is 17.7. The van der Waals surface area contributed by atoms with Gasteiger partial charge in [0.1, 0.15) is 0 Å². The molecule has 5 nitrogen and oxygen atoms in total. The number of carbonyl (C=O) groups excluding carboxylic acids is 1. The van der Waals surface area contributed by atoms with Gasteiger partial charge in [0.05, 0.1) is 36.7 Å². The second kappa shape index (κ2) is 8.49. The molecule has 160 valence electrons. The van der Waals surface area contributed by atoms with Gasteiger partial charge in [-0.1, -0.05) is 48.5 Å². The summed E-state index contributed by atoms with van der Waals surface area (Å²) < 4.78 is 0. The van der Waals surface area contributed by atoms with Gasteiger partial charge in [0.2, 0.25) is 5.91 Å². The lowest BCUT2D eigenvalue weighted by Gasteiger charge is -2.39. The fourth-order valence-electron chi connectivity index (χ4n) is 5.13. The van der Waals surface area contributed by atoms with E-state index in [-0.39, 0.29) is 30.5 Å². The second-order valence-corrected chi connectivity index (χ2v) is 8.57. The molecule has 2 aliphatic rings. The van der Waals surface area contributed by atoms with Crippen molar-refractivity contribution in [3.8, 4) is 17.2 Å². The maximum Gasteiger partial charge on any atom is 0.227 e. The Morgan fingerprint density at radius 3 is 2.53 bits per heavy atom. The minimum absolute atomic E-state index is 0.0404. The Morgan fingerprint density at radius 2 is 1.81 bits per heavy atom. The quantitative estimate of drug-likeness (QED) is 0.661. The first-order valence-electron chi connectivity index (χ1n) is 11.0. The molecule has 1 saturated heterocycles. The summed E-state index contributed by atoms with van der Waals surface area (Å²) in [6.45, 7) is 0.735. The predicted molar refractivity (Wildman–Crippen MR) is 124 cm³/mol. The minimum atomic E-state index is -0.0669. The average Bonchev–Trinajstić information content (AvgIpc) is 3.30. The molecule has 3 aromatic rings. The molecule has 0 radical (unpaired) electrons. The molecule has 2 N–H and O–H groups in total. The van der Waals surface area contributed by atoms with E-state index in [2.05, 4.69) is 17.5 Å². The van der Waals surface area contributed by atoms with Crippen molar-refractivity contribution in [2.45, 2.75) is 24.9 Å². The highest BCUT2D eigenvalue weighted by Gasteiger charge is 2.45. The lowest BCUT2D eigenvalue weighted by molar-refractivity contribution is -0.131. The van der Waals surface area contributed by atoms with Crippen molar-refractivity contribution >= 4 is 11.6 Å². The fourth-order valence-corrected chi connectivity index (χ4v) is 5.13. The number of likely N-dealkylation sites (tertiary alicyclic amines) is 1. The Bertz CT molecular complexity index is 1170. The van der Waals surface area contributed by atoms with Gasteiger partial charge >= 0.3 is 0 Å². The molecule has 32 heavy (non-hydrogen) atoms. The zero-order chi connectivity index (χ0) is 22.1. The number of nitrogens with zero attached hydrogens (tertiary/aromatic N) is 2. The number of aliphatic hydroxyl groups is 1. The Kier molecular flexibility index (Phi) is 5.38. The van der Waals surface area contributed by atoms with Crippen LogP contribution in [0.1, 0.15) is 29.2 Å². The van der Waals surface area contributed by atoms with Crippen molar-refractivity contribution < 1.29 is 9.90 Å². The number of amides is 1. The molecule has 2 heterocycles. The summed E-state index contributed by atoms with van der Waals surface area (Å²) in [7, 11) is 0. The molecule has 3 atom stereocenters. The molecule has 0 aliphatic carbocycles. The molecular weight excluding hydrogens is 398 g/mol. The summed E-state index contributed by atoms with van der Waals surface area (Å²) in [5.41, 5.74) is 5.81. The number of rotatable bonds is 4. The van der Waals surface area contributed by atoms with E-state index in [1.54, 1.807) is 0 Å². The third kappa shape index (κ3) is 3.63. The number of fused-ring (bicyclic) bond motifs is 3. The van der Waals surface area contributed by atoms with Gasteiger partial charge in [-0.15, -0.1) is 0 Å². The molecule has 0 unspecified atom stereocenters. The van der Waals surface area contributed by atoms with Crippen molar-refractivity contribution in [1.82, 2.24) is 4.90 Å². The summed E-state index contributed by atoms with van der Waals surface area (Å²) in [5, 5.41) is 22.6. The van der Waals surface area contributed by atoms with E-state index in [1.807, 2.05) is 71.6 Å². The number of hydrogen-bond acceptors (Lipinski definition) is 4. The van der Waals surface area contributed by atoms with Crippen LogP contribution in [0.4, 0.5) is 5.69 Å². The number of anilines is 1. The molecule has 5 rings (SSSR count). The van der Waals surface area contributed by atoms with Crippen LogP contribution in [0.5, 0.6) is 0 Å². The highest BCUT2D eigenvalue weighted by atomic mass is 16.3. The van der Waals surface area contributed by atoms with E-state index in [0.717, 1.165) is 34.4 Å². The third-order valence-corrected chi connectivity index (χ3v) is 6.74. The summed E-state index contributed by atoms with van der Waals surface area (Å²) in [4.78, 5) is 15.3. The summed E-state index contributed by atoms with van der Waals surface area (Å²) in [6, 6.07) is 25.7. The van der Waals surface area contributed by atoms with Crippen molar-refractivity contribution in [2.75, 3.05) is 18.5 Å². The molecule has 1 fully saturated rings. The number of carbonyl (C=O) groups is 1. The minimum Gasteiger partial charge on any atom is -0.394 e. The van der Waals surface area contributed by atoms with Crippen LogP contribution in [0.3, 0.4) is 0 Å². The first-order valence-corrected chi connectivity index (χ1v) is 11.0. The number of hydrogen-bond donors (Lipinski definition) is 2. The van der Waals surface area contributed by atoms with Crippen molar-refractivity contribution in [2.24, 2.45) is 5.92 Å². The van der Waals surface area contributed by atoms with Crippen LogP contribution in [-0.4, -0.2) is 35.1 Å². The van der Waals surface area contributed by atoms with Crippen molar-refractivity contribution in [1.29, 1.82) is 5.26 Å². The standard InChI is InChI=1S/C27H25N3O2/c28-16-19-6-8-20(9-7-19)21-10-11-24-23(15-21)27-22(25(17-31)29-24)12-13-30(27)26(32)14-18-4-2-1-3-5-18/h1-11,15,22,25,27,29,31H,12-14,17H2/t22-,25-,27-/m1/s1. The van der Waals surface area contributed by atoms with Gasteiger partial charge in [-0.05, 0) is 52.9 Å². The van der Waals surface area contributed by atoms with Gasteiger partial charge in [-0.3, -0.25) is 4.79 Å². The number of nitrogens with one attached hydrogen (secondary N) is 1. The van der Waals surface area contributed by atoms with Crippen LogP contribution in [0, 0.1) is 17.2 Å². The Labute approximate surface area is 187 Å². The molecule has 5 heteroatoms. The first-order chi connectivity index (χ1) is 15.7. The van der Waals surface area contributed by atoms with Gasteiger partial charge < -0.3 is 15.3 Å². The van der Waals surface area contributed by atoms with Crippen LogP contribution in [0.15, 0.2) is 72.8 Å². The Morgan fingerprint density at radius 1 is 1.06 bits per heavy atom. The lowest BCUT2D eigenvalue weighted by Crippen LogP contribution is -2.43. The summed E-state index contributed by atoms with van der Waals surface area (Å²) in [5.74, 6) is 0.292. The molecule has 0 bridgehead atoms. The van der Waals surface area contributed by atoms with Crippen LogP contribution < -0.4 is 5.32 Å². The van der Waals surface area contributed by atoms with Crippen LogP contribution in [0.25, 0.3) is 11.1 Å². The highest BCUT2D eigenvalue weighted by Crippen LogP contribution is 2.47.